The van der Waals surface area contributed by atoms with E-state index in [1.807, 2.05) is 4.90 Å². The lowest BCUT2D eigenvalue weighted by molar-refractivity contribution is 0.0702. The van der Waals surface area contributed by atoms with Gasteiger partial charge in [0.25, 0.3) is 5.91 Å². The number of rotatable bonds is 2. The average molecular weight is 275 g/mol. The van der Waals surface area contributed by atoms with E-state index in [-0.39, 0.29) is 11.8 Å². The third-order valence-corrected chi connectivity index (χ3v) is 3.71. The first kappa shape index (κ1) is 12.9. The van der Waals surface area contributed by atoms with Gasteiger partial charge in [-0.1, -0.05) is 5.16 Å². The van der Waals surface area contributed by atoms with Crippen LogP contribution >= 0.6 is 0 Å². The molecule has 0 saturated carbocycles. The molecule has 0 N–H and O–H groups in total. The van der Waals surface area contributed by atoms with Crippen LogP contribution in [0.25, 0.3) is 0 Å². The molecule has 1 amide bonds. The second kappa shape index (κ2) is 5.11. The molecule has 3 rings (SSSR count). The zero-order chi connectivity index (χ0) is 14.1. The van der Waals surface area contributed by atoms with E-state index in [2.05, 4.69) is 10.1 Å². The summed E-state index contributed by atoms with van der Waals surface area (Å²) in [4.78, 5) is 18.6. The standard InChI is InChI=1S/C14H17N3O3/c1-9-12(5-7-19-9)14(18)17-6-3-4-11(8-17)13-15-10(2)20-16-13/h5,7,11H,3-4,6,8H2,1-2H3. The fourth-order valence-corrected chi connectivity index (χ4v) is 2.63. The Morgan fingerprint density at radius 2 is 2.30 bits per heavy atom. The van der Waals surface area contributed by atoms with E-state index in [1.165, 1.54) is 0 Å². The zero-order valence-corrected chi connectivity index (χ0v) is 11.6. The Morgan fingerprint density at radius 3 is 2.95 bits per heavy atom. The second-order valence-corrected chi connectivity index (χ2v) is 5.15. The summed E-state index contributed by atoms with van der Waals surface area (Å²) in [7, 11) is 0. The summed E-state index contributed by atoms with van der Waals surface area (Å²) in [5.74, 6) is 2.09. The van der Waals surface area contributed by atoms with Crippen molar-refractivity contribution in [3.05, 3.63) is 35.4 Å². The summed E-state index contributed by atoms with van der Waals surface area (Å²) < 4.78 is 10.2. The van der Waals surface area contributed by atoms with Crippen molar-refractivity contribution in [1.82, 2.24) is 15.0 Å². The van der Waals surface area contributed by atoms with Gasteiger partial charge in [0.15, 0.2) is 5.82 Å². The van der Waals surface area contributed by atoms with Crippen LogP contribution < -0.4 is 0 Å². The first-order chi connectivity index (χ1) is 9.65. The number of furan rings is 1. The Bertz CT molecular complexity index is 617. The van der Waals surface area contributed by atoms with Gasteiger partial charge in [0.05, 0.1) is 11.8 Å². The van der Waals surface area contributed by atoms with Crippen LogP contribution in [-0.4, -0.2) is 34.0 Å². The lowest BCUT2D eigenvalue weighted by Crippen LogP contribution is -2.39. The molecule has 20 heavy (non-hydrogen) atoms. The third kappa shape index (κ3) is 2.33. The Balaban J connectivity index is 1.75. The number of hydrogen-bond donors (Lipinski definition) is 0. The zero-order valence-electron chi connectivity index (χ0n) is 11.6. The highest BCUT2D eigenvalue weighted by atomic mass is 16.5. The number of aromatic nitrogens is 2. The van der Waals surface area contributed by atoms with E-state index < -0.39 is 0 Å². The number of hydrogen-bond acceptors (Lipinski definition) is 5. The number of amides is 1. The molecule has 1 atom stereocenters. The van der Waals surface area contributed by atoms with Crippen molar-refractivity contribution in [2.45, 2.75) is 32.6 Å². The van der Waals surface area contributed by atoms with Gasteiger partial charge in [-0.25, -0.2) is 0 Å². The van der Waals surface area contributed by atoms with Crippen LogP contribution in [0.1, 0.15) is 46.6 Å². The SMILES string of the molecule is Cc1nc(C2CCCN(C(=O)c3ccoc3C)C2)no1. The molecular weight excluding hydrogens is 258 g/mol. The Morgan fingerprint density at radius 1 is 1.45 bits per heavy atom. The lowest BCUT2D eigenvalue weighted by Gasteiger charge is -2.31. The molecule has 1 saturated heterocycles. The summed E-state index contributed by atoms with van der Waals surface area (Å²) in [6.07, 6.45) is 3.47. The highest BCUT2D eigenvalue weighted by Crippen LogP contribution is 2.26. The van der Waals surface area contributed by atoms with Crippen molar-refractivity contribution >= 4 is 5.91 Å². The minimum Gasteiger partial charge on any atom is -0.469 e. The van der Waals surface area contributed by atoms with Crippen LogP contribution in [0.4, 0.5) is 0 Å². The van der Waals surface area contributed by atoms with Gasteiger partial charge in [-0.2, -0.15) is 4.98 Å². The van der Waals surface area contributed by atoms with Gasteiger partial charge >= 0.3 is 0 Å². The normalized spacial score (nSPS) is 19.3. The van der Waals surface area contributed by atoms with Crippen LogP contribution in [0.15, 0.2) is 21.3 Å². The van der Waals surface area contributed by atoms with E-state index >= 15 is 0 Å². The number of piperidine rings is 1. The van der Waals surface area contributed by atoms with Crippen molar-refractivity contribution in [3.8, 4) is 0 Å². The van der Waals surface area contributed by atoms with E-state index in [1.54, 1.807) is 26.2 Å². The summed E-state index contributed by atoms with van der Waals surface area (Å²) in [5, 5.41) is 3.97. The van der Waals surface area contributed by atoms with Crippen molar-refractivity contribution < 1.29 is 13.7 Å². The fraction of sp³-hybridized carbons (Fsp3) is 0.500. The van der Waals surface area contributed by atoms with Crippen molar-refractivity contribution in [2.24, 2.45) is 0 Å². The Hall–Kier alpha value is -2.11. The van der Waals surface area contributed by atoms with Crippen LogP contribution in [0, 0.1) is 13.8 Å². The molecule has 1 aliphatic heterocycles. The van der Waals surface area contributed by atoms with Crippen molar-refractivity contribution in [2.75, 3.05) is 13.1 Å². The van der Waals surface area contributed by atoms with Gasteiger partial charge in [-0.15, -0.1) is 0 Å². The van der Waals surface area contributed by atoms with E-state index in [9.17, 15) is 4.79 Å². The Kier molecular flexibility index (Phi) is 3.30. The van der Waals surface area contributed by atoms with Crippen molar-refractivity contribution in [1.29, 1.82) is 0 Å². The summed E-state index contributed by atoms with van der Waals surface area (Å²) in [6.45, 7) is 4.97. The molecule has 0 aromatic carbocycles. The summed E-state index contributed by atoms with van der Waals surface area (Å²) in [5.41, 5.74) is 0.634. The van der Waals surface area contributed by atoms with Crippen LogP contribution in [0.5, 0.6) is 0 Å². The number of nitrogens with zero attached hydrogens (tertiary/aromatic N) is 3. The topological polar surface area (TPSA) is 72.4 Å². The van der Waals surface area contributed by atoms with E-state index in [0.29, 0.717) is 29.6 Å². The highest BCUT2D eigenvalue weighted by molar-refractivity contribution is 5.95. The molecule has 6 nitrogen and oxygen atoms in total. The second-order valence-electron chi connectivity index (χ2n) is 5.15. The highest BCUT2D eigenvalue weighted by Gasteiger charge is 2.29. The minimum atomic E-state index is 0.0150. The van der Waals surface area contributed by atoms with Crippen LogP contribution in [-0.2, 0) is 0 Å². The Labute approximate surface area is 116 Å². The van der Waals surface area contributed by atoms with Crippen LogP contribution in [0.2, 0.25) is 0 Å². The molecule has 0 radical (unpaired) electrons. The fourth-order valence-electron chi connectivity index (χ4n) is 2.63. The molecular formula is C14H17N3O3. The van der Waals surface area contributed by atoms with E-state index in [4.69, 9.17) is 8.94 Å². The molecule has 106 valence electrons. The first-order valence-corrected chi connectivity index (χ1v) is 6.78. The third-order valence-electron chi connectivity index (χ3n) is 3.71. The average Bonchev–Trinajstić information content (AvgIpc) is 3.07. The molecule has 0 spiro atoms. The molecule has 0 aliphatic carbocycles. The predicted molar refractivity (Wildman–Crippen MR) is 70.4 cm³/mol. The lowest BCUT2D eigenvalue weighted by atomic mass is 9.97. The van der Waals surface area contributed by atoms with Gasteiger partial charge < -0.3 is 13.8 Å². The van der Waals surface area contributed by atoms with Gasteiger partial charge in [0.2, 0.25) is 5.89 Å². The number of aryl methyl sites for hydroxylation is 2. The number of carbonyl (C=O) groups excluding carboxylic acids is 1. The largest absolute Gasteiger partial charge is 0.469 e. The molecule has 1 unspecified atom stereocenters. The molecule has 2 aromatic rings. The predicted octanol–water partition coefficient (Wildman–Crippen LogP) is 2.30. The van der Waals surface area contributed by atoms with E-state index in [0.717, 1.165) is 19.4 Å². The first-order valence-electron chi connectivity index (χ1n) is 6.78. The maximum Gasteiger partial charge on any atom is 0.257 e. The molecule has 2 aromatic heterocycles. The van der Waals surface area contributed by atoms with Crippen LogP contribution in [0.3, 0.4) is 0 Å². The maximum atomic E-state index is 12.5. The molecule has 1 fully saturated rings. The molecule has 1 aliphatic rings. The molecule has 0 bridgehead atoms. The van der Waals surface area contributed by atoms with Gasteiger partial charge in [-0.05, 0) is 25.8 Å². The monoisotopic (exact) mass is 275 g/mol. The quantitative estimate of drug-likeness (QED) is 0.840. The minimum absolute atomic E-state index is 0.0150. The maximum absolute atomic E-state index is 12.5. The van der Waals surface area contributed by atoms with Gasteiger partial charge in [0.1, 0.15) is 5.76 Å². The number of likely N-dealkylation sites (tertiary alicyclic amines) is 1. The smallest absolute Gasteiger partial charge is 0.257 e. The van der Waals surface area contributed by atoms with Crippen molar-refractivity contribution in [3.63, 3.8) is 0 Å². The summed E-state index contributed by atoms with van der Waals surface area (Å²) in [6, 6.07) is 1.72. The molecule has 3 heterocycles. The number of carbonyl (C=O) groups is 1. The molecule has 6 heteroatoms. The van der Waals surface area contributed by atoms with Gasteiger partial charge in [-0.3, -0.25) is 4.79 Å². The van der Waals surface area contributed by atoms with Gasteiger partial charge in [0, 0.05) is 25.9 Å². The summed E-state index contributed by atoms with van der Waals surface area (Å²) >= 11 is 0.